The van der Waals surface area contributed by atoms with E-state index in [0.717, 1.165) is 0 Å². The standard InChI is InChI=1S/C11H13N5O6/c1-3-5(16(20)21)2-4-7(13-9(18)8(17)12-4)6(3)10-14-15-11(19)22-10/h3-7H,2H2,1H3,(H,12,17)(H,13,18)(H,15,19). The van der Waals surface area contributed by atoms with Gasteiger partial charge in [-0.1, -0.05) is 6.92 Å². The molecule has 2 aliphatic rings. The molecular formula is C11H13N5O6. The molecule has 3 N–H and O–H groups in total. The van der Waals surface area contributed by atoms with E-state index in [1.54, 1.807) is 6.92 Å². The summed E-state index contributed by atoms with van der Waals surface area (Å²) in [5.74, 6) is -3.70. The molecule has 11 nitrogen and oxygen atoms in total. The Labute approximate surface area is 122 Å². The number of carbonyl (C=O) groups is 2. The summed E-state index contributed by atoms with van der Waals surface area (Å²) >= 11 is 0. The highest BCUT2D eigenvalue weighted by Crippen LogP contribution is 2.39. The summed E-state index contributed by atoms with van der Waals surface area (Å²) in [7, 11) is 0. The molecule has 3 rings (SSSR count). The van der Waals surface area contributed by atoms with Crippen molar-refractivity contribution in [3.63, 3.8) is 0 Å². The molecule has 0 aromatic carbocycles. The Morgan fingerprint density at radius 3 is 2.55 bits per heavy atom. The quantitative estimate of drug-likeness (QED) is 0.327. The van der Waals surface area contributed by atoms with Crippen LogP contribution in [0.1, 0.15) is 25.2 Å². The van der Waals surface area contributed by atoms with Crippen LogP contribution in [0.4, 0.5) is 0 Å². The third kappa shape index (κ3) is 2.14. The molecule has 118 valence electrons. The number of rotatable bonds is 2. The number of aromatic nitrogens is 2. The lowest BCUT2D eigenvalue weighted by molar-refractivity contribution is -0.536. The van der Waals surface area contributed by atoms with E-state index in [9.17, 15) is 24.5 Å². The van der Waals surface area contributed by atoms with Crippen LogP contribution in [-0.4, -0.2) is 45.1 Å². The second-order valence-electron chi connectivity index (χ2n) is 5.50. The normalized spacial score (nSPS) is 34.5. The van der Waals surface area contributed by atoms with Gasteiger partial charge < -0.3 is 15.1 Å². The minimum Gasteiger partial charge on any atom is -0.392 e. The van der Waals surface area contributed by atoms with Gasteiger partial charge in [0.25, 0.3) is 0 Å². The summed E-state index contributed by atoms with van der Waals surface area (Å²) in [6, 6.07) is -2.20. The summed E-state index contributed by atoms with van der Waals surface area (Å²) < 4.78 is 4.92. The molecule has 1 saturated heterocycles. The van der Waals surface area contributed by atoms with Crippen molar-refractivity contribution in [3.05, 3.63) is 26.6 Å². The Bertz CT molecular complexity index is 695. The third-order valence-electron chi connectivity index (χ3n) is 4.32. The van der Waals surface area contributed by atoms with Gasteiger partial charge in [-0.3, -0.25) is 19.7 Å². The lowest BCUT2D eigenvalue weighted by Crippen LogP contribution is -2.68. The van der Waals surface area contributed by atoms with Crippen LogP contribution in [0.25, 0.3) is 0 Å². The number of fused-ring (bicyclic) bond motifs is 1. The Morgan fingerprint density at radius 2 is 1.95 bits per heavy atom. The molecule has 2 fully saturated rings. The highest BCUT2D eigenvalue weighted by atomic mass is 16.6. The zero-order chi connectivity index (χ0) is 16.0. The summed E-state index contributed by atoms with van der Waals surface area (Å²) in [6.07, 6.45) is 0.0794. The SMILES string of the molecule is CC1C(c2n[nH]c(=O)o2)C2NC(=O)C(=O)NC2CC1[N+](=O)[O-]. The summed E-state index contributed by atoms with van der Waals surface area (Å²) in [5.41, 5.74) is 0. The van der Waals surface area contributed by atoms with Gasteiger partial charge >= 0.3 is 17.6 Å². The van der Waals surface area contributed by atoms with E-state index in [-0.39, 0.29) is 12.3 Å². The van der Waals surface area contributed by atoms with E-state index in [4.69, 9.17) is 4.42 Å². The van der Waals surface area contributed by atoms with Crippen molar-refractivity contribution >= 4 is 11.8 Å². The molecule has 22 heavy (non-hydrogen) atoms. The molecule has 1 aromatic rings. The van der Waals surface area contributed by atoms with Crippen molar-refractivity contribution in [1.29, 1.82) is 0 Å². The van der Waals surface area contributed by atoms with Crippen LogP contribution in [0, 0.1) is 16.0 Å². The number of piperazine rings is 1. The topological polar surface area (TPSA) is 160 Å². The molecule has 1 aliphatic carbocycles. The van der Waals surface area contributed by atoms with Crippen molar-refractivity contribution in [1.82, 2.24) is 20.8 Å². The van der Waals surface area contributed by atoms with Crippen molar-refractivity contribution < 1.29 is 18.9 Å². The zero-order valence-corrected chi connectivity index (χ0v) is 11.4. The average Bonchev–Trinajstić information content (AvgIpc) is 2.86. The number of hydrogen-bond donors (Lipinski definition) is 3. The smallest absolute Gasteiger partial charge is 0.392 e. The highest BCUT2D eigenvalue weighted by molar-refractivity contribution is 6.35. The Hall–Kier alpha value is -2.72. The Morgan fingerprint density at radius 1 is 1.27 bits per heavy atom. The van der Waals surface area contributed by atoms with E-state index in [0.29, 0.717) is 0 Å². The van der Waals surface area contributed by atoms with Crippen LogP contribution in [0.3, 0.4) is 0 Å². The minimum atomic E-state index is -0.955. The van der Waals surface area contributed by atoms with E-state index < -0.39 is 52.5 Å². The number of H-pyrrole nitrogens is 1. The largest absolute Gasteiger partial charge is 0.434 e. The summed E-state index contributed by atoms with van der Waals surface area (Å²) in [6.45, 7) is 1.63. The van der Waals surface area contributed by atoms with Gasteiger partial charge in [0.1, 0.15) is 0 Å². The molecule has 0 bridgehead atoms. The van der Waals surface area contributed by atoms with Gasteiger partial charge in [0.15, 0.2) is 0 Å². The van der Waals surface area contributed by atoms with Crippen molar-refractivity contribution in [2.45, 2.75) is 37.4 Å². The number of hydrogen-bond acceptors (Lipinski definition) is 7. The second-order valence-corrected chi connectivity index (χ2v) is 5.50. The maximum atomic E-state index is 11.6. The second kappa shape index (κ2) is 4.93. The van der Waals surface area contributed by atoms with E-state index in [1.807, 2.05) is 0 Å². The average molecular weight is 311 g/mol. The van der Waals surface area contributed by atoms with E-state index >= 15 is 0 Å². The maximum absolute atomic E-state index is 11.6. The molecule has 11 heteroatoms. The van der Waals surface area contributed by atoms with Crippen LogP contribution in [0.2, 0.25) is 0 Å². The number of nitrogens with one attached hydrogen (secondary N) is 3. The molecule has 0 radical (unpaired) electrons. The van der Waals surface area contributed by atoms with Crippen molar-refractivity contribution in [2.75, 3.05) is 0 Å². The molecule has 5 atom stereocenters. The molecule has 0 spiro atoms. The van der Waals surface area contributed by atoms with Crippen LogP contribution >= 0.6 is 0 Å². The number of aromatic amines is 1. The minimum absolute atomic E-state index is 0.0181. The van der Waals surface area contributed by atoms with Crippen LogP contribution in [0.5, 0.6) is 0 Å². The molecule has 2 amide bonds. The Balaban J connectivity index is 2.01. The fraction of sp³-hybridized carbons (Fsp3) is 0.636. The fourth-order valence-corrected chi connectivity index (χ4v) is 3.27. The maximum Gasteiger partial charge on any atom is 0.434 e. The van der Waals surface area contributed by atoms with Crippen molar-refractivity contribution in [3.8, 4) is 0 Å². The highest BCUT2D eigenvalue weighted by Gasteiger charge is 2.53. The van der Waals surface area contributed by atoms with Gasteiger partial charge in [0.2, 0.25) is 11.9 Å². The number of amides is 2. The predicted octanol–water partition coefficient (Wildman–Crippen LogP) is -1.89. The fourth-order valence-electron chi connectivity index (χ4n) is 3.27. The first-order chi connectivity index (χ1) is 10.4. The van der Waals surface area contributed by atoms with Gasteiger partial charge in [-0.05, 0) is 0 Å². The molecule has 1 saturated carbocycles. The molecular weight excluding hydrogens is 298 g/mol. The first kappa shape index (κ1) is 14.2. The van der Waals surface area contributed by atoms with Gasteiger partial charge in [-0.2, -0.15) is 0 Å². The molecule has 2 heterocycles. The van der Waals surface area contributed by atoms with Crippen LogP contribution in [-0.2, 0) is 9.59 Å². The van der Waals surface area contributed by atoms with Crippen LogP contribution in [0.15, 0.2) is 9.21 Å². The number of nitro groups is 1. The first-order valence-electron chi connectivity index (χ1n) is 6.68. The number of nitrogens with zero attached hydrogens (tertiary/aromatic N) is 2. The van der Waals surface area contributed by atoms with E-state index in [2.05, 4.69) is 20.8 Å². The van der Waals surface area contributed by atoms with Gasteiger partial charge in [-0.15, -0.1) is 5.10 Å². The first-order valence-corrected chi connectivity index (χ1v) is 6.68. The zero-order valence-electron chi connectivity index (χ0n) is 11.4. The molecule has 5 unspecified atom stereocenters. The Kier molecular flexibility index (Phi) is 3.19. The molecule has 1 aliphatic heterocycles. The summed E-state index contributed by atoms with van der Waals surface area (Å²) in [5, 5.41) is 22.1. The molecule has 1 aromatic heterocycles. The van der Waals surface area contributed by atoms with Gasteiger partial charge in [0.05, 0.1) is 18.0 Å². The van der Waals surface area contributed by atoms with Crippen LogP contribution < -0.4 is 16.4 Å². The third-order valence-corrected chi connectivity index (χ3v) is 4.32. The summed E-state index contributed by atoms with van der Waals surface area (Å²) in [4.78, 5) is 45.0. The lowest BCUT2D eigenvalue weighted by atomic mass is 9.70. The number of carbonyl (C=O) groups excluding carboxylic acids is 2. The van der Waals surface area contributed by atoms with Crippen molar-refractivity contribution in [2.24, 2.45) is 5.92 Å². The van der Waals surface area contributed by atoms with Gasteiger partial charge in [-0.25, -0.2) is 9.89 Å². The van der Waals surface area contributed by atoms with Gasteiger partial charge in [0, 0.05) is 17.3 Å². The monoisotopic (exact) mass is 311 g/mol. The lowest BCUT2D eigenvalue weighted by Gasteiger charge is -2.43. The van der Waals surface area contributed by atoms with E-state index in [1.165, 1.54) is 0 Å². The predicted molar refractivity (Wildman–Crippen MR) is 68.3 cm³/mol.